The van der Waals surface area contributed by atoms with Crippen molar-refractivity contribution in [2.75, 3.05) is 7.05 Å². The lowest BCUT2D eigenvalue weighted by Crippen LogP contribution is -2.12. The molecule has 0 rings (SSSR count). The molecule has 0 aliphatic heterocycles. The quantitative estimate of drug-likeness (QED) is 0.358. The van der Waals surface area contributed by atoms with Gasteiger partial charge in [-0.25, -0.2) is 0 Å². The summed E-state index contributed by atoms with van der Waals surface area (Å²) in [7, 11) is 1.35. The molecule has 0 aromatic carbocycles. The van der Waals surface area contributed by atoms with E-state index in [9.17, 15) is 4.79 Å². The van der Waals surface area contributed by atoms with E-state index >= 15 is 0 Å². The highest BCUT2D eigenvalue weighted by molar-refractivity contribution is 6.51. The average molecular weight is 152 g/mol. The van der Waals surface area contributed by atoms with Gasteiger partial charge in [0.25, 0.3) is 0 Å². The molecule has 0 spiro atoms. The molecule has 4 heteroatoms. The van der Waals surface area contributed by atoms with Crippen LogP contribution >= 0.6 is 0 Å². The Kier molecular flexibility index (Phi) is 3.60. The van der Waals surface area contributed by atoms with E-state index in [2.05, 4.69) is 4.99 Å². The predicted octanol–water partition coefficient (Wildman–Crippen LogP) is 0.612. The number of carbonyl (C=O) groups excluding carboxylic acids is 1. The maximum Gasteiger partial charge on any atom is 0.220 e. The average Bonchev–Trinajstić information content (AvgIpc) is 2.05. The number of rotatable bonds is 2. The first-order valence-corrected chi connectivity index (χ1v) is 2.90. The summed E-state index contributed by atoms with van der Waals surface area (Å²) >= 11 is 0. The number of ketones is 1. The summed E-state index contributed by atoms with van der Waals surface area (Å²) in [5.41, 5.74) is -0.0973. The van der Waals surface area contributed by atoms with Crippen molar-refractivity contribution in [2.45, 2.75) is 6.92 Å². The van der Waals surface area contributed by atoms with Crippen LogP contribution in [-0.2, 0) is 4.79 Å². The molecule has 0 radical (unpaired) electrons. The molecule has 4 nitrogen and oxygen atoms in total. The number of aliphatic imine (C=N–C) groups is 1. The van der Waals surface area contributed by atoms with Crippen LogP contribution in [0.1, 0.15) is 6.92 Å². The van der Waals surface area contributed by atoms with Crippen molar-refractivity contribution in [1.29, 1.82) is 5.26 Å². The number of aliphatic hydroxyl groups excluding tert-OH is 1. The zero-order valence-electron chi connectivity index (χ0n) is 6.33. The van der Waals surface area contributed by atoms with Crippen molar-refractivity contribution in [3.63, 3.8) is 0 Å². The highest BCUT2D eigenvalue weighted by Gasteiger charge is 2.11. The van der Waals surface area contributed by atoms with E-state index in [-0.39, 0.29) is 11.3 Å². The van der Waals surface area contributed by atoms with Crippen LogP contribution in [0.25, 0.3) is 0 Å². The molecule has 0 bridgehead atoms. The van der Waals surface area contributed by atoms with Crippen molar-refractivity contribution >= 4 is 11.5 Å². The fraction of sp³-hybridized carbons (Fsp3) is 0.286. The van der Waals surface area contributed by atoms with Crippen molar-refractivity contribution in [2.24, 2.45) is 4.99 Å². The van der Waals surface area contributed by atoms with Crippen LogP contribution in [0, 0.1) is 11.3 Å². The van der Waals surface area contributed by atoms with Gasteiger partial charge < -0.3 is 5.11 Å². The highest BCUT2D eigenvalue weighted by atomic mass is 16.2. The normalized spacial score (nSPS) is 12.5. The van der Waals surface area contributed by atoms with Gasteiger partial charge in [-0.3, -0.25) is 9.79 Å². The fourth-order valence-electron chi connectivity index (χ4n) is 0.448. The lowest BCUT2D eigenvalue weighted by atomic mass is 10.1. The van der Waals surface area contributed by atoms with E-state index in [4.69, 9.17) is 10.4 Å². The number of hydrogen-bond acceptors (Lipinski definition) is 4. The standard InChI is InChI=1S/C7H8N2O2/c1-5(4-10)7(11)6(3-8)9-2/h4,10H,1-2H3. The highest BCUT2D eigenvalue weighted by Crippen LogP contribution is 1.94. The number of allylic oxidation sites excluding steroid dienone is 1. The number of nitriles is 1. The molecule has 0 aliphatic carbocycles. The third kappa shape index (κ3) is 2.22. The molecule has 11 heavy (non-hydrogen) atoms. The Morgan fingerprint density at radius 3 is 2.55 bits per heavy atom. The van der Waals surface area contributed by atoms with Gasteiger partial charge in [0, 0.05) is 12.6 Å². The van der Waals surface area contributed by atoms with Gasteiger partial charge in [0.2, 0.25) is 5.78 Å². The van der Waals surface area contributed by atoms with Gasteiger partial charge in [0.15, 0.2) is 5.71 Å². The van der Waals surface area contributed by atoms with Crippen LogP contribution in [0.4, 0.5) is 0 Å². The largest absolute Gasteiger partial charge is 0.515 e. The van der Waals surface area contributed by atoms with Crippen molar-refractivity contribution in [3.05, 3.63) is 11.8 Å². The molecule has 0 aliphatic rings. The monoisotopic (exact) mass is 152 g/mol. The van der Waals surface area contributed by atoms with E-state index in [0.717, 1.165) is 0 Å². The number of hydrogen-bond donors (Lipinski definition) is 1. The molecule has 0 saturated carbocycles. The first-order valence-electron chi connectivity index (χ1n) is 2.90. The topological polar surface area (TPSA) is 73.5 Å². The minimum Gasteiger partial charge on any atom is -0.515 e. The van der Waals surface area contributed by atoms with Crippen LogP contribution < -0.4 is 0 Å². The van der Waals surface area contributed by atoms with E-state index in [0.29, 0.717) is 6.26 Å². The van der Waals surface area contributed by atoms with E-state index in [1.165, 1.54) is 14.0 Å². The Labute approximate surface area is 64.5 Å². The summed E-state index contributed by atoms with van der Waals surface area (Å²) in [5.74, 6) is -0.544. The Balaban J connectivity index is 4.66. The Bertz CT molecular complexity index is 258. The summed E-state index contributed by atoms with van der Waals surface area (Å²) in [6.07, 6.45) is 0.658. The second-order valence-corrected chi connectivity index (χ2v) is 1.83. The summed E-state index contributed by atoms with van der Waals surface area (Å²) in [4.78, 5) is 14.4. The molecular weight excluding hydrogens is 144 g/mol. The lowest BCUT2D eigenvalue weighted by Gasteiger charge is -1.92. The number of nitrogens with zero attached hydrogens (tertiary/aromatic N) is 2. The van der Waals surface area contributed by atoms with Crippen LogP contribution in [0.3, 0.4) is 0 Å². The molecule has 0 atom stereocenters. The van der Waals surface area contributed by atoms with E-state index in [1.54, 1.807) is 6.07 Å². The molecule has 0 aromatic rings. The van der Waals surface area contributed by atoms with Crippen LogP contribution in [0.15, 0.2) is 16.8 Å². The first kappa shape index (κ1) is 9.37. The molecule has 0 aromatic heterocycles. The minimum atomic E-state index is -0.544. The van der Waals surface area contributed by atoms with Gasteiger partial charge in [0.05, 0.1) is 6.26 Å². The zero-order chi connectivity index (χ0) is 8.85. The maximum absolute atomic E-state index is 11.0. The van der Waals surface area contributed by atoms with Crippen LogP contribution in [0.5, 0.6) is 0 Å². The molecule has 0 fully saturated rings. The maximum atomic E-state index is 11.0. The van der Waals surface area contributed by atoms with Crippen LogP contribution in [-0.4, -0.2) is 23.6 Å². The molecule has 58 valence electrons. The van der Waals surface area contributed by atoms with E-state index < -0.39 is 5.78 Å². The molecule has 0 saturated heterocycles. The second-order valence-electron chi connectivity index (χ2n) is 1.83. The van der Waals surface area contributed by atoms with Gasteiger partial charge in [-0.1, -0.05) is 0 Å². The summed E-state index contributed by atoms with van der Waals surface area (Å²) < 4.78 is 0. The van der Waals surface area contributed by atoms with Crippen molar-refractivity contribution in [3.8, 4) is 6.07 Å². The van der Waals surface area contributed by atoms with Gasteiger partial charge in [-0.2, -0.15) is 5.26 Å². The third-order valence-electron chi connectivity index (χ3n) is 1.10. The molecule has 0 unspecified atom stereocenters. The molecule has 1 N–H and O–H groups in total. The number of carbonyl (C=O) groups is 1. The van der Waals surface area contributed by atoms with Crippen LogP contribution in [0.2, 0.25) is 0 Å². The smallest absolute Gasteiger partial charge is 0.220 e. The second kappa shape index (κ2) is 4.23. The Morgan fingerprint density at radius 2 is 2.27 bits per heavy atom. The van der Waals surface area contributed by atoms with Crippen molar-refractivity contribution in [1.82, 2.24) is 0 Å². The SMILES string of the molecule is CN=C(C#N)C(=O)C(C)=CO. The Morgan fingerprint density at radius 1 is 1.73 bits per heavy atom. The van der Waals surface area contributed by atoms with Gasteiger partial charge in [-0.05, 0) is 6.92 Å². The molecule has 0 amide bonds. The zero-order valence-corrected chi connectivity index (χ0v) is 6.33. The lowest BCUT2D eigenvalue weighted by molar-refractivity contribution is -0.109. The molecular formula is C7H8N2O2. The van der Waals surface area contributed by atoms with Gasteiger partial charge in [0.1, 0.15) is 6.07 Å². The summed E-state index contributed by atoms with van der Waals surface area (Å²) in [5, 5.41) is 16.7. The molecule has 0 heterocycles. The van der Waals surface area contributed by atoms with Gasteiger partial charge >= 0.3 is 0 Å². The Hall–Kier alpha value is -1.63. The number of Topliss-reactive ketones (excluding diaryl/α,β-unsaturated/α-hetero) is 1. The summed E-state index contributed by atoms with van der Waals surface area (Å²) in [6.45, 7) is 1.41. The predicted molar refractivity (Wildman–Crippen MR) is 40.4 cm³/mol. The first-order chi connectivity index (χ1) is 5.17. The van der Waals surface area contributed by atoms with Gasteiger partial charge in [-0.15, -0.1) is 0 Å². The summed E-state index contributed by atoms with van der Waals surface area (Å²) in [6, 6.07) is 1.62. The van der Waals surface area contributed by atoms with Crippen molar-refractivity contribution < 1.29 is 9.90 Å². The number of aliphatic hydroxyl groups is 1. The third-order valence-corrected chi connectivity index (χ3v) is 1.10. The fourth-order valence-corrected chi connectivity index (χ4v) is 0.448. The minimum absolute atomic E-state index is 0.104. The van der Waals surface area contributed by atoms with E-state index in [1.807, 2.05) is 0 Å².